The third kappa shape index (κ3) is 3.96. The van der Waals surface area contributed by atoms with E-state index in [4.69, 9.17) is 10.5 Å². The number of rotatable bonds is 5. The van der Waals surface area contributed by atoms with Crippen LogP contribution in [0.4, 0.5) is 5.69 Å². The van der Waals surface area contributed by atoms with Gasteiger partial charge in [-0.2, -0.15) is 0 Å². The number of pyridine rings is 1. The number of ether oxygens (including phenoxy) is 1. The zero-order valence-corrected chi connectivity index (χ0v) is 11.1. The summed E-state index contributed by atoms with van der Waals surface area (Å²) in [5, 5.41) is 0. The molecule has 1 aliphatic rings. The first kappa shape index (κ1) is 13.3. The van der Waals surface area contributed by atoms with Crippen molar-refractivity contribution in [2.24, 2.45) is 0 Å². The molecule has 0 amide bonds. The molecule has 1 fully saturated rings. The Balaban J connectivity index is 1.85. The summed E-state index contributed by atoms with van der Waals surface area (Å²) in [7, 11) is 0. The Hall–Kier alpha value is -1.13. The van der Waals surface area contributed by atoms with Crippen molar-refractivity contribution in [1.82, 2.24) is 9.88 Å². The fourth-order valence-corrected chi connectivity index (χ4v) is 2.39. The molecule has 4 nitrogen and oxygen atoms in total. The van der Waals surface area contributed by atoms with Gasteiger partial charge in [-0.1, -0.05) is 6.92 Å². The van der Waals surface area contributed by atoms with Gasteiger partial charge in [0.1, 0.15) is 0 Å². The molecule has 2 heterocycles. The minimum Gasteiger partial charge on any atom is -0.399 e. The number of nitrogens with two attached hydrogens (primary N) is 1. The van der Waals surface area contributed by atoms with Crippen LogP contribution in [0, 0.1) is 0 Å². The topological polar surface area (TPSA) is 51.4 Å². The first-order chi connectivity index (χ1) is 8.78. The van der Waals surface area contributed by atoms with E-state index >= 15 is 0 Å². The molecule has 0 aromatic carbocycles. The number of hydrogen-bond acceptors (Lipinski definition) is 4. The number of likely N-dealkylation sites (tertiary alicyclic amines) is 1. The molecule has 2 rings (SSSR count). The van der Waals surface area contributed by atoms with Gasteiger partial charge in [-0.05, 0) is 37.9 Å². The summed E-state index contributed by atoms with van der Waals surface area (Å²) in [5.74, 6) is 0. The van der Waals surface area contributed by atoms with E-state index in [0.717, 1.165) is 44.0 Å². The number of nitrogens with zero attached hydrogens (tertiary/aromatic N) is 2. The van der Waals surface area contributed by atoms with Crippen molar-refractivity contribution in [2.75, 3.05) is 25.4 Å². The first-order valence-corrected chi connectivity index (χ1v) is 6.82. The molecule has 100 valence electrons. The van der Waals surface area contributed by atoms with Gasteiger partial charge in [0, 0.05) is 31.6 Å². The first-order valence-electron chi connectivity index (χ1n) is 6.82. The predicted octanol–water partition coefficient (Wildman–Crippen LogP) is 2.05. The highest BCUT2D eigenvalue weighted by Gasteiger charge is 2.20. The third-order valence-electron chi connectivity index (χ3n) is 3.25. The second kappa shape index (κ2) is 6.71. The fraction of sp³-hybridized carbons (Fsp3) is 0.643. The Morgan fingerprint density at radius 1 is 1.56 bits per heavy atom. The van der Waals surface area contributed by atoms with Gasteiger partial charge >= 0.3 is 0 Å². The van der Waals surface area contributed by atoms with Crippen LogP contribution in [0.1, 0.15) is 31.9 Å². The number of hydrogen-bond donors (Lipinski definition) is 1. The lowest BCUT2D eigenvalue weighted by atomic mass is 10.1. The quantitative estimate of drug-likeness (QED) is 0.867. The second-order valence-corrected chi connectivity index (χ2v) is 4.95. The SMILES string of the molecule is CCCOC1CCCN(Cc2cc(N)ccn2)C1. The molecule has 1 unspecified atom stereocenters. The molecule has 0 radical (unpaired) electrons. The van der Waals surface area contributed by atoms with E-state index in [-0.39, 0.29) is 0 Å². The predicted molar refractivity (Wildman–Crippen MR) is 73.2 cm³/mol. The van der Waals surface area contributed by atoms with Gasteiger partial charge in [-0.3, -0.25) is 9.88 Å². The standard InChI is InChI=1S/C14H23N3O/c1-2-8-18-14-4-3-7-17(11-14)10-13-9-12(15)5-6-16-13/h5-6,9,14H,2-4,7-8,10-11H2,1H3,(H2,15,16). The Bertz CT molecular complexity index is 370. The summed E-state index contributed by atoms with van der Waals surface area (Å²) >= 11 is 0. The zero-order valence-electron chi connectivity index (χ0n) is 11.1. The third-order valence-corrected chi connectivity index (χ3v) is 3.25. The molecule has 0 saturated carbocycles. The molecule has 18 heavy (non-hydrogen) atoms. The minimum absolute atomic E-state index is 0.389. The van der Waals surface area contributed by atoms with Crippen LogP contribution in [0.15, 0.2) is 18.3 Å². The van der Waals surface area contributed by atoms with Crippen LogP contribution in [0.2, 0.25) is 0 Å². The highest BCUT2D eigenvalue weighted by Crippen LogP contribution is 2.16. The molecular weight excluding hydrogens is 226 g/mol. The number of anilines is 1. The summed E-state index contributed by atoms with van der Waals surface area (Å²) < 4.78 is 5.84. The van der Waals surface area contributed by atoms with Crippen LogP contribution < -0.4 is 5.73 Å². The average molecular weight is 249 g/mol. The number of aromatic nitrogens is 1. The van der Waals surface area contributed by atoms with Crippen LogP contribution in [0.5, 0.6) is 0 Å². The van der Waals surface area contributed by atoms with Gasteiger partial charge in [0.15, 0.2) is 0 Å². The molecule has 0 aliphatic carbocycles. The molecule has 0 bridgehead atoms. The average Bonchev–Trinajstić information content (AvgIpc) is 2.37. The summed E-state index contributed by atoms with van der Waals surface area (Å²) in [5.41, 5.74) is 7.61. The van der Waals surface area contributed by atoms with E-state index in [9.17, 15) is 0 Å². The van der Waals surface area contributed by atoms with Crippen molar-refractivity contribution in [3.63, 3.8) is 0 Å². The van der Waals surface area contributed by atoms with Gasteiger partial charge in [0.05, 0.1) is 11.8 Å². The van der Waals surface area contributed by atoms with E-state index in [1.165, 1.54) is 12.8 Å². The van der Waals surface area contributed by atoms with Gasteiger partial charge in [-0.15, -0.1) is 0 Å². The van der Waals surface area contributed by atoms with Crippen molar-refractivity contribution < 1.29 is 4.74 Å². The Kier molecular flexibility index (Phi) is 4.96. The molecule has 1 saturated heterocycles. The fourth-order valence-electron chi connectivity index (χ4n) is 2.39. The molecule has 2 N–H and O–H groups in total. The van der Waals surface area contributed by atoms with Crippen molar-refractivity contribution in [2.45, 2.75) is 38.8 Å². The Morgan fingerprint density at radius 3 is 3.22 bits per heavy atom. The molecular formula is C14H23N3O. The number of piperidine rings is 1. The van der Waals surface area contributed by atoms with E-state index in [2.05, 4.69) is 16.8 Å². The van der Waals surface area contributed by atoms with E-state index in [1.807, 2.05) is 12.1 Å². The maximum Gasteiger partial charge on any atom is 0.0702 e. The van der Waals surface area contributed by atoms with Crippen molar-refractivity contribution in [3.8, 4) is 0 Å². The van der Waals surface area contributed by atoms with Gasteiger partial charge in [-0.25, -0.2) is 0 Å². The lowest BCUT2D eigenvalue weighted by Gasteiger charge is -2.32. The van der Waals surface area contributed by atoms with Crippen LogP contribution in [0.25, 0.3) is 0 Å². The van der Waals surface area contributed by atoms with Crippen LogP contribution in [-0.2, 0) is 11.3 Å². The monoisotopic (exact) mass is 249 g/mol. The van der Waals surface area contributed by atoms with Gasteiger partial charge in [0.2, 0.25) is 0 Å². The molecule has 0 spiro atoms. The lowest BCUT2D eigenvalue weighted by molar-refractivity contribution is -0.00251. The second-order valence-electron chi connectivity index (χ2n) is 4.95. The molecule has 4 heteroatoms. The summed E-state index contributed by atoms with van der Waals surface area (Å²) in [6.07, 6.45) is 5.64. The molecule has 1 atom stereocenters. The van der Waals surface area contributed by atoms with Gasteiger partial charge in [0.25, 0.3) is 0 Å². The van der Waals surface area contributed by atoms with Gasteiger partial charge < -0.3 is 10.5 Å². The van der Waals surface area contributed by atoms with Crippen molar-refractivity contribution in [1.29, 1.82) is 0 Å². The smallest absolute Gasteiger partial charge is 0.0702 e. The maximum atomic E-state index is 5.84. The molecule has 1 aliphatic heterocycles. The van der Waals surface area contributed by atoms with Crippen LogP contribution in [0.3, 0.4) is 0 Å². The van der Waals surface area contributed by atoms with Crippen LogP contribution in [-0.4, -0.2) is 35.7 Å². The van der Waals surface area contributed by atoms with E-state index in [0.29, 0.717) is 6.10 Å². The normalized spacial score (nSPS) is 21.1. The van der Waals surface area contributed by atoms with Crippen molar-refractivity contribution in [3.05, 3.63) is 24.0 Å². The molecule has 1 aromatic heterocycles. The minimum atomic E-state index is 0.389. The Morgan fingerprint density at radius 2 is 2.44 bits per heavy atom. The summed E-state index contributed by atoms with van der Waals surface area (Å²) in [6.45, 7) is 6.03. The lowest BCUT2D eigenvalue weighted by Crippen LogP contribution is -2.39. The van der Waals surface area contributed by atoms with E-state index < -0.39 is 0 Å². The largest absolute Gasteiger partial charge is 0.399 e. The summed E-state index contributed by atoms with van der Waals surface area (Å²) in [6, 6.07) is 3.78. The molecule has 1 aromatic rings. The highest BCUT2D eigenvalue weighted by atomic mass is 16.5. The highest BCUT2D eigenvalue weighted by molar-refractivity contribution is 5.37. The number of nitrogen functional groups attached to an aromatic ring is 1. The Labute approximate surface area is 109 Å². The zero-order chi connectivity index (χ0) is 12.8. The van der Waals surface area contributed by atoms with Crippen molar-refractivity contribution >= 4 is 5.69 Å². The summed E-state index contributed by atoms with van der Waals surface area (Å²) in [4.78, 5) is 6.77. The van der Waals surface area contributed by atoms with E-state index in [1.54, 1.807) is 6.20 Å². The maximum absolute atomic E-state index is 5.84. The van der Waals surface area contributed by atoms with Crippen LogP contribution >= 0.6 is 0 Å².